The highest BCUT2D eigenvalue weighted by atomic mass is 16.1. The number of fused-ring (bicyclic) bond motifs is 2. The number of ketones is 1. The minimum Gasteiger partial charge on any atom is -0.290 e. The number of hydrogen-bond acceptors (Lipinski definition) is 1. The summed E-state index contributed by atoms with van der Waals surface area (Å²) in [5.41, 5.74) is 2.05. The molecule has 0 radical (unpaired) electrons. The van der Waals surface area contributed by atoms with Crippen LogP contribution in [0.15, 0.2) is 97.1 Å². The minimum absolute atomic E-state index is 0.0219. The molecule has 4 aromatic carbocycles. The number of carbonyl (C=O) groups is 1. The molecular weight excluding hydrogens is 316 g/mol. The molecule has 0 aliphatic carbocycles. The van der Waals surface area contributed by atoms with Crippen LogP contribution >= 0.6 is 0 Å². The molecule has 4 aromatic rings. The van der Waals surface area contributed by atoms with Crippen LogP contribution in [0.2, 0.25) is 0 Å². The summed E-state index contributed by atoms with van der Waals surface area (Å²) in [6.45, 7) is 0. The van der Waals surface area contributed by atoms with Crippen molar-refractivity contribution in [1.29, 1.82) is 0 Å². The third-order valence-corrected chi connectivity index (χ3v) is 4.43. The quantitative estimate of drug-likeness (QED) is 0.401. The van der Waals surface area contributed by atoms with Crippen molar-refractivity contribution in [2.24, 2.45) is 0 Å². The summed E-state index contributed by atoms with van der Waals surface area (Å²) in [5.74, 6) is -0.0219. The van der Waals surface area contributed by atoms with Gasteiger partial charge in [-0.15, -0.1) is 0 Å². The molecule has 0 aliphatic heterocycles. The fourth-order valence-corrected chi connectivity index (χ4v) is 3.04. The zero-order chi connectivity index (χ0) is 17.8. The Morgan fingerprint density at radius 3 is 1.42 bits per heavy atom. The van der Waals surface area contributed by atoms with Gasteiger partial charge in [-0.1, -0.05) is 84.9 Å². The third kappa shape index (κ3) is 3.62. The molecule has 0 fully saturated rings. The lowest BCUT2D eigenvalue weighted by atomic mass is 10.1. The molecule has 0 saturated carbocycles. The standard InChI is InChI=1S/C25H18O/c26-25(15-11-19-9-13-21-5-1-3-7-23(21)17-19)16-12-20-10-14-22-6-2-4-8-24(22)18-20/h1-18H/b15-11+,16-12+. The second kappa shape index (κ2) is 7.20. The lowest BCUT2D eigenvalue weighted by Gasteiger charge is -1.99. The van der Waals surface area contributed by atoms with E-state index in [2.05, 4.69) is 48.5 Å². The Hall–Kier alpha value is -3.45. The Bertz CT molecular complexity index is 1060. The monoisotopic (exact) mass is 334 g/mol. The van der Waals surface area contributed by atoms with Gasteiger partial charge in [0.1, 0.15) is 0 Å². The summed E-state index contributed by atoms with van der Waals surface area (Å²) in [4.78, 5) is 12.1. The van der Waals surface area contributed by atoms with Crippen LogP contribution in [0.3, 0.4) is 0 Å². The van der Waals surface area contributed by atoms with Gasteiger partial charge in [-0.2, -0.15) is 0 Å². The smallest absolute Gasteiger partial charge is 0.178 e. The highest BCUT2D eigenvalue weighted by Crippen LogP contribution is 2.18. The van der Waals surface area contributed by atoms with Gasteiger partial charge in [-0.05, 0) is 57.0 Å². The van der Waals surface area contributed by atoms with E-state index in [9.17, 15) is 4.79 Å². The Kier molecular flexibility index (Phi) is 4.44. The van der Waals surface area contributed by atoms with Crippen LogP contribution < -0.4 is 0 Å². The van der Waals surface area contributed by atoms with Crippen LogP contribution in [-0.2, 0) is 4.79 Å². The molecule has 0 saturated heterocycles. The first-order valence-electron chi connectivity index (χ1n) is 8.66. The predicted molar refractivity (Wildman–Crippen MR) is 111 cm³/mol. The average molecular weight is 334 g/mol. The van der Waals surface area contributed by atoms with Crippen molar-refractivity contribution in [3.63, 3.8) is 0 Å². The molecule has 0 amide bonds. The van der Waals surface area contributed by atoms with Gasteiger partial charge >= 0.3 is 0 Å². The number of allylic oxidation sites excluding steroid dienone is 2. The molecule has 0 aliphatic rings. The first-order chi connectivity index (χ1) is 12.8. The van der Waals surface area contributed by atoms with E-state index in [1.54, 1.807) is 12.2 Å². The fraction of sp³-hybridized carbons (Fsp3) is 0. The van der Waals surface area contributed by atoms with E-state index < -0.39 is 0 Å². The van der Waals surface area contributed by atoms with Crippen molar-refractivity contribution in [3.8, 4) is 0 Å². The number of carbonyl (C=O) groups excluding carboxylic acids is 1. The van der Waals surface area contributed by atoms with Gasteiger partial charge < -0.3 is 0 Å². The summed E-state index contributed by atoms with van der Waals surface area (Å²) in [6.07, 6.45) is 6.95. The maximum Gasteiger partial charge on any atom is 0.178 e. The number of benzene rings is 4. The lowest BCUT2D eigenvalue weighted by Crippen LogP contribution is -1.85. The molecule has 124 valence electrons. The molecule has 4 rings (SSSR count). The van der Waals surface area contributed by atoms with Crippen molar-refractivity contribution in [2.75, 3.05) is 0 Å². The van der Waals surface area contributed by atoms with Crippen molar-refractivity contribution in [2.45, 2.75) is 0 Å². The molecule has 1 nitrogen and oxygen atoms in total. The molecular formula is C25H18O. The van der Waals surface area contributed by atoms with E-state index in [1.807, 2.05) is 48.6 Å². The Balaban J connectivity index is 1.49. The Morgan fingerprint density at radius 2 is 0.962 bits per heavy atom. The minimum atomic E-state index is -0.0219. The van der Waals surface area contributed by atoms with E-state index in [-0.39, 0.29) is 5.78 Å². The van der Waals surface area contributed by atoms with Gasteiger partial charge in [0.15, 0.2) is 5.78 Å². The van der Waals surface area contributed by atoms with E-state index in [4.69, 9.17) is 0 Å². The first kappa shape index (κ1) is 16.0. The maximum absolute atomic E-state index is 12.1. The van der Waals surface area contributed by atoms with Crippen molar-refractivity contribution >= 4 is 39.5 Å². The summed E-state index contributed by atoms with van der Waals surface area (Å²) in [7, 11) is 0. The summed E-state index contributed by atoms with van der Waals surface area (Å²) in [6, 6.07) is 28.8. The third-order valence-electron chi connectivity index (χ3n) is 4.43. The highest BCUT2D eigenvalue weighted by Gasteiger charge is 1.96. The Labute approximate surface area is 152 Å². The Morgan fingerprint density at radius 1 is 0.538 bits per heavy atom. The predicted octanol–water partition coefficient (Wildman–Crippen LogP) is 6.29. The van der Waals surface area contributed by atoms with Crippen LogP contribution in [0.4, 0.5) is 0 Å². The molecule has 0 unspecified atom stereocenters. The van der Waals surface area contributed by atoms with Gasteiger partial charge in [-0.3, -0.25) is 4.79 Å². The fourth-order valence-electron chi connectivity index (χ4n) is 3.04. The molecule has 0 heterocycles. The molecule has 0 aromatic heterocycles. The van der Waals surface area contributed by atoms with E-state index in [0.29, 0.717) is 0 Å². The SMILES string of the molecule is O=C(/C=C/c1ccc2ccccc2c1)/C=C/c1ccc2ccccc2c1. The van der Waals surface area contributed by atoms with Gasteiger partial charge in [0.2, 0.25) is 0 Å². The van der Waals surface area contributed by atoms with Crippen molar-refractivity contribution in [1.82, 2.24) is 0 Å². The van der Waals surface area contributed by atoms with Crippen LogP contribution in [0.25, 0.3) is 33.7 Å². The lowest BCUT2D eigenvalue weighted by molar-refractivity contribution is -0.110. The van der Waals surface area contributed by atoms with E-state index in [0.717, 1.165) is 11.1 Å². The molecule has 0 atom stereocenters. The van der Waals surface area contributed by atoms with Crippen molar-refractivity contribution < 1.29 is 4.79 Å². The van der Waals surface area contributed by atoms with Crippen molar-refractivity contribution in [3.05, 3.63) is 108 Å². The largest absolute Gasteiger partial charge is 0.290 e. The summed E-state index contributed by atoms with van der Waals surface area (Å²) >= 11 is 0. The van der Waals surface area contributed by atoms with E-state index in [1.165, 1.54) is 21.5 Å². The zero-order valence-electron chi connectivity index (χ0n) is 14.3. The summed E-state index contributed by atoms with van der Waals surface area (Å²) < 4.78 is 0. The molecule has 1 heteroatoms. The molecule has 26 heavy (non-hydrogen) atoms. The maximum atomic E-state index is 12.1. The molecule has 0 spiro atoms. The number of hydrogen-bond donors (Lipinski definition) is 0. The second-order valence-corrected chi connectivity index (χ2v) is 6.28. The van der Waals surface area contributed by atoms with Gasteiger partial charge in [-0.25, -0.2) is 0 Å². The normalized spacial score (nSPS) is 11.7. The second-order valence-electron chi connectivity index (χ2n) is 6.28. The van der Waals surface area contributed by atoms with Crippen LogP contribution in [0.5, 0.6) is 0 Å². The summed E-state index contributed by atoms with van der Waals surface area (Å²) in [5, 5.41) is 4.75. The average Bonchev–Trinajstić information content (AvgIpc) is 2.70. The zero-order valence-corrected chi connectivity index (χ0v) is 14.3. The molecule has 0 N–H and O–H groups in total. The van der Waals surface area contributed by atoms with Gasteiger partial charge in [0.25, 0.3) is 0 Å². The van der Waals surface area contributed by atoms with E-state index >= 15 is 0 Å². The van der Waals surface area contributed by atoms with Crippen LogP contribution in [-0.4, -0.2) is 5.78 Å². The first-order valence-corrected chi connectivity index (χ1v) is 8.66. The van der Waals surface area contributed by atoms with Crippen LogP contribution in [0.1, 0.15) is 11.1 Å². The van der Waals surface area contributed by atoms with Crippen LogP contribution in [0, 0.1) is 0 Å². The highest BCUT2D eigenvalue weighted by molar-refractivity contribution is 6.05. The molecule has 0 bridgehead atoms. The van der Waals surface area contributed by atoms with Gasteiger partial charge in [0.05, 0.1) is 0 Å². The number of rotatable bonds is 4. The topological polar surface area (TPSA) is 17.1 Å². The van der Waals surface area contributed by atoms with Gasteiger partial charge in [0, 0.05) is 0 Å².